The minimum atomic E-state index is -0.603. The highest BCUT2D eigenvalue weighted by atomic mass is 35.5. The number of amides is 3. The van der Waals surface area contributed by atoms with Gasteiger partial charge >= 0.3 is 0 Å². The third-order valence-electron chi connectivity index (χ3n) is 7.84. The summed E-state index contributed by atoms with van der Waals surface area (Å²) in [6.07, 6.45) is 1.56. The first-order chi connectivity index (χ1) is 25.8. The zero-order valence-electron chi connectivity index (χ0n) is 28.5. The molecule has 1 atom stereocenters. The number of aromatic nitrogens is 1. The summed E-state index contributed by atoms with van der Waals surface area (Å²) in [5, 5.41) is 10.9. The summed E-state index contributed by atoms with van der Waals surface area (Å²) in [6, 6.07) is 37.8. The first-order valence-corrected chi connectivity index (χ1v) is 18.4. The fourth-order valence-corrected chi connectivity index (χ4v) is 7.17. The van der Waals surface area contributed by atoms with Crippen LogP contribution < -0.4 is 25.4 Å². The van der Waals surface area contributed by atoms with E-state index in [-0.39, 0.29) is 11.6 Å². The van der Waals surface area contributed by atoms with E-state index in [1.807, 2.05) is 66.0 Å². The monoisotopic (exact) mass is 760 g/mol. The number of halogens is 1. The molecule has 0 radical (unpaired) electrons. The first-order valence-electron chi connectivity index (χ1n) is 16.3. The highest BCUT2D eigenvalue weighted by Crippen LogP contribution is 2.38. The van der Waals surface area contributed by atoms with Crippen molar-refractivity contribution in [2.75, 3.05) is 24.9 Å². The topological polar surface area (TPSA) is 119 Å². The van der Waals surface area contributed by atoms with Crippen LogP contribution in [-0.2, 0) is 9.59 Å². The summed E-state index contributed by atoms with van der Waals surface area (Å²) < 4.78 is 10.8. The minimum Gasteiger partial charge on any atom is -0.493 e. The summed E-state index contributed by atoms with van der Waals surface area (Å²) in [7, 11) is 3.06. The molecule has 12 heteroatoms. The lowest BCUT2D eigenvalue weighted by molar-refractivity contribution is -0.116. The number of thioether (sulfide) groups is 1. The quantitative estimate of drug-likeness (QED) is 0.0793. The number of hydrogen-bond acceptors (Lipinski definition) is 8. The predicted molar refractivity (Wildman–Crippen MR) is 213 cm³/mol. The van der Waals surface area contributed by atoms with E-state index in [0.717, 1.165) is 16.0 Å². The van der Waals surface area contributed by atoms with E-state index in [2.05, 4.69) is 20.9 Å². The van der Waals surface area contributed by atoms with Crippen molar-refractivity contribution in [2.45, 2.75) is 10.1 Å². The molecule has 3 N–H and O–H groups in total. The van der Waals surface area contributed by atoms with Gasteiger partial charge in [0.05, 0.1) is 19.9 Å². The lowest BCUT2D eigenvalue weighted by atomic mass is 10.1. The summed E-state index contributed by atoms with van der Waals surface area (Å²) in [4.78, 5) is 45.9. The molecule has 0 aliphatic heterocycles. The van der Waals surface area contributed by atoms with E-state index in [1.54, 1.807) is 72.8 Å². The van der Waals surface area contributed by atoms with Gasteiger partial charge in [-0.05, 0) is 71.8 Å². The Morgan fingerprint density at radius 3 is 2.17 bits per heavy atom. The van der Waals surface area contributed by atoms with Gasteiger partial charge in [0, 0.05) is 32.1 Å². The van der Waals surface area contributed by atoms with Gasteiger partial charge in [0.1, 0.15) is 10.9 Å². The van der Waals surface area contributed by atoms with Gasteiger partial charge in [-0.3, -0.25) is 14.4 Å². The van der Waals surface area contributed by atoms with Crippen molar-refractivity contribution in [3.05, 3.63) is 160 Å². The Hall–Kier alpha value is -5.88. The number of ether oxygens (including phenoxy) is 2. The lowest BCUT2D eigenvalue weighted by Gasteiger charge is -2.17. The molecule has 1 unspecified atom stereocenters. The summed E-state index contributed by atoms with van der Waals surface area (Å²) in [6.45, 7) is 0. The van der Waals surface area contributed by atoms with Crippen molar-refractivity contribution >= 4 is 69.3 Å². The van der Waals surface area contributed by atoms with Gasteiger partial charge in [0.25, 0.3) is 11.8 Å². The molecule has 6 rings (SSSR count). The lowest BCUT2D eigenvalue weighted by Crippen LogP contribution is -2.30. The van der Waals surface area contributed by atoms with E-state index in [4.69, 9.17) is 21.1 Å². The van der Waals surface area contributed by atoms with Gasteiger partial charge in [-0.15, -0.1) is 23.1 Å². The molecule has 0 saturated carbocycles. The predicted octanol–water partition coefficient (Wildman–Crippen LogP) is 9.36. The largest absolute Gasteiger partial charge is 0.493 e. The minimum absolute atomic E-state index is 0.0187. The van der Waals surface area contributed by atoms with Gasteiger partial charge in [-0.2, -0.15) is 0 Å². The number of nitrogens with zero attached hydrogens (tertiary/aromatic N) is 1. The van der Waals surface area contributed by atoms with Crippen molar-refractivity contribution in [3.8, 4) is 22.8 Å². The average Bonchev–Trinajstić information content (AvgIpc) is 3.65. The Morgan fingerprint density at radius 2 is 1.47 bits per heavy atom. The van der Waals surface area contributed by atoms with Crippen LogP contribution in [0.3, 0.4) is 0 Å². The first kappa shape index (κ1) is 36.9. The number of rotatable bonds is 13. The van der Waals surface area contributed by atoms with Crippen LogP contribution in [-0.4, -0.2) is 36.9 Å². The van der Waals surface area contributed by atoms with Gasteiger partial charge in [0.15, 0.2) is 16.6 Å². The van der Waals surface area contributed by atoms with Crippen LogP contribution in [0.25, 0.3) is 17.3 Å². The second-order valence-electron chi connectivity index (χ2n) is 11.4. The molecule has 1 aromatic heterocycles. The van der Waals surface area contributed by atoms with Crippen LogP contribution in [0.5, 0.6) is 11.5 Å². The number of benzene rings is 5. The van der Waals surface area contributed by atoms with Gasteiger partial charge < -0.3 is 25.4 Å². The van der Waals surface area contributed by atoms with Crippen LogP contribution in [0, 0.1) is 0 Å². The number of nitrogens with one attached hydrogen (secondary N) is 3. The van der Waals surface area contributed by atoms with Crippen molar-refractivity contribution < 1.29 is 23.9 Å². The van der Waals surface area contributed by atoms with Crippen LogP contribution in [0.2, 0.25) is 5.02 Å². The highest BCUT2D eigenvalue weighted by molar-refractivity contribution is 8.00. The second-order valence-corrected chi connectivity index (χ2v) is 13.8. The Kier molecular flexibility index (Phi) is 12.2. The molecule has 0 fully saturated rings. The number of hydrogen-bond donors (Lipinski definition) is 3. The molecule has 0 aliphatic rings. The van der Waals surface area contributed by atoms with Gasteiger partial charge in [-0.1, -0.05) is 84.4 Å². The highest BCUT2D eigenvalue weighted by Gasteiger charge is 2.24. The number of carbonyl (C=O) groups excluding carboxylic acids is 3. The molecule has 5 aromatic carbocycles. The summed E-state index contributed by atoms with van der Waals surface area (Å²) in [5.74, 6) is -0.218. The number of methoxy groups -OCH3 is 2. The molecule has 3 amide bonds. The maximum atomic E-state index is 13.7. The molecule has 0 spiro atoms. The van der Waals surface area contributed by atoms with Crippen LogP contribution in [0.15, 0.2) is 143 Å². The Bertz CT molecular complexity index is 2250. The zero-order valence-corrected chi connectivity index (χ0v) is 30.9. The molecule has 0 saturated heterocycles. The third kappa shape index (κ3) is 9.52. The molecule has 6 aromatic rings. The Balaban J connectivity index is 1.19. The number of anilines is 2. The molecule has 266 valence electrons. The zero-order chi connectivity index (χ0) is 37.2. The van der Waals surface area contributed by atoms with E-state index < -0.39 is 17.1 Å². The average molecular weight is 761 g/mol. The summed E-state index contributed by atoms with van der Waals surface area (Å²) >= 11 is 9.05. The molecular formula is C41H33ClN4O5S2. The molecule has 0 bridgehead atoms. The van der Waals surface area contributed by atoms with Crippen LogP contribution in [0.4, 0.5) is 10.8 Å². The fourth-order valence-electron chi connectivity index (χ4n) is 5.20. The van der Waals surface area contributed by atoms with E-state index in [1.165, 1.54) is 37.3 Å². The van der Waals surface area contributed by atoms with E-state index >= 15 is 0 Å². The van der Waals surface area contributed by atoms with E-state index in [0.29, 0.717) is 44.2 Å². The van der Waals surface area contributed by atoms with Gasteiger partial charge in [0.2, 0.25) is 5.91 Å². The molecule has 0 aliphatic carbocycles. The summed E-state index contributed by atoms with van der Waals surface area (Å²) in [5.41, 5.74) is 3.79. The van der Waals surface area contributed by atoms with Crippen molar-refractivity contribution in [1.82, 2.24) is 10.3 Å². The van der Waals surface area contributed by atoms with Crippen molar-refractivity contribution in [3.63, 3.8) is 0 Å². The fraction of sp³-hybridized carbons (Fsp3) is 0.0732. The van der Waals surface area contributed by atoms with Crippen LogP contribution >= 0.6 is 34.7 Å². The molecule has 53 heavy (non-hydrogen) atoms. The normalized spacial score (nSPS) is 11.6. The molecule has 1 heterocycles. The second kappa shape index (κ2) is 17.6. The smallest absolute Gasteiger partial charge is 0.272 e. The molecular weight excluding hydrogens is 728 g/mol. The molecule has 9 nitrogen and oxygen atoms in total. The van der Waals surface area contributed by atoms with Crippen molar-refractivity contribution in [2.24, 2.45) is 0 Å². The van der Waals surface area contributed by atoms with Gasteiger partial charge in [-0.25, -0.2) is 4.98 Å². The Labute approximate surface area is 320 Å². The van der Waals surface area contributed by atoms with E-state index in [9.17, 15) is 14.4 Å². The van der Waals surface area contributed by atoms with Crippen LogP contribution in [0.1, 0.15) is 26.7 Å². The number of thiazole rings is 1. The SMILES string of the molecule is COc1ccc(/C=C(\NC(=O)c2ccccc2)C(=O)Nc2ccc(SC(C(=O)Nc3nc(-c4ccccc4Cl)cs3)c3ccccc3)cc2)cc1OC. The standard InChI is InChI=1S/C41H33ClN4O5S2/c1-50-35-22-17-26(24-36(35)51-2)23-33(44-38(47)28-13-7-4-8-14-28)39(48)43-29-18-20-30(21-19-29)53-37(27-11-5-3-6-12-27)40(49)46-41-45-34(25-52-41)31-15-9-10-16-32(31)42/h3-25,37H,1-2H3,(H,43,48)(H,44,47)(H,45,46,49)/b33-23-. The maximum absolute atomic E-state index is 13.7. The number of carbonyl (C=O) groups is 3. The maximum Gasteiger partial charge on any atom is 0.272 e. The Morgan fingerprint density at radius 1 is 0.792 bits per heavy atom. The van der Waals surface area contributed by atoms with Crippen molar-refractivity contribution in [1.29, 1.82) is 0 Å². The third-order valence-corrected chi connectivity index (χ3v) is 10.2.